The summed E-state index contributed by atoms with van der Waals surface area (Å²) in [6, 6.07) is 21.2. The monoisotopic (exact) mass is 605 g/mol. The first-order chi connectivity index (χ1) is 22.1. The van der Waals surface area contributed by atoms with Gasteiger partial charge in [-0.05, 0) is 24.0 Å². The molecule has 2 fully saturated rings. The van der Waals surface area contributed by atoms with Gasteiger partial charge in [0, 0.05) is 32.2 Å². The van der Waals surface area contributed by atoms with Crippen molar-refractivity contribution in [2.75, 3.05) is 26.2 Å². The lowest BCUT2D eigenvalue weighted by molar-refractivity contribution is 0.0861. The number of benzene rings is 2. The summed E-state index contributed by atoms with van der Waals surface area (Å²) in [4.78, 5) is 29.2. The standard InChI is InChI=1S/C33H39N11O/c34-31-28-32(36-22-35-28)43(23-37-31)20-27-21-44(40-39-27)30(25-12-6-2-7-13-25)29(24-10-4-1-5-11-24)41-16-18-42(19-17-41)33(45)38-26-14-8-3-9-15-26/h1-2,4-7,10-13,21-23,26,29-30,34H,3,8-9,14-20H2,(H,35,36)(H,38,45)/t29-,30+/m0/s1. The van der Waals surface area contributed by atoms with Gasteiger partial charge in [-0.25, -0.2) is 19.4 Å². The van der Waals surface area contributed by atoms with Crippen molar-refractivity contribution in [2.45, 2.75) is 56.8 Å². The zero-order valence-corrected chi connectivity index (χ0v) is 25.3. The molecule has 45 heavy (non-hydrogen) atoms. The van der Waals surface area contributed by atoms with E-state index in [1.165, 1.54) is 24.8 Å². The average molecular weight is 606 g/mol. The van der Waals surface area contributed by atoms with Crippen LogP contribution in [0.5, 0.6) is 0 Å². The summed E-state index contributed by atoms with van der Waals surface area (Å²) in [5.74, 6) is 0. The molecule has 7 rings (SSSR count). The SMILES string of the molecule is N=c1ncn(Cc2cn([C@H](c3ccccc3)[C@H](c3ccccc3)N3CCN(C(=O)NC4CCCCC4)CC3)nn2)c2nc[nH]c12. The second-order valence-electron chi connectivity index (χ2n) is 12.0. The fourth-order valence-corrected chi connectivity index (χ4v) is 6.83. The van der Waals surface area contributed by atoms with Gasteiger partial charge in [0.1, 0.15) is 11.2 Å². The highest BCUT2D eigenvalue weighted by molar-refractivity contribution is 5.74. The minimum absolute atomic E-state index is 0.0401. The van der Waals surface area contributed by atoms with Crippen LogP contribution >= 0.6 is 0 Å². The van der Waals surface area contributed by atoms with Gasteiger partial charge in [0.15, 0.2) is 11.1 Å². The van der Waals surface area contributed by atoms with E-state index in [2.05, 4.69) is 78.8 Å². The van der Waals surface area contributed by atoms with Crippen molar-refractivity contribution in [3.63, 3.8) is 0 Å². The lowest BCUT2D eigenvalue weighted by Gasteiger charge is -2.42. The number of nitrogens with zero attached hydrogens (tertiary/aromatic N) is 8. The molecule has 12 nitrogen and oxygen atoms in total. The van der Waals surface area contributed by atoms with Gasteiger partial charge in [0.05, 0.1) is 37.5 Å². The molecule has 0 bridgehead atoms. The number of hydrogen-bond acceptors (Lipinski definition) is 7. The summed E-state index contributed by atoms with van der Waals surface area (Å²) in [5, 5.41) is 20.6. The van der Waals surface area contributed by atoms with Crippen LogP contribution in [0, 0.1) is 5.41 Å². The van der Waals surface area contributed by atoms with Crippen molar-refractivity contribution in [2.24, 2.45) is 0 Å². The Morgan fingerprint density at radius 1 is 0.911 bits per heavy atom. The van der Waals surface area contributed by atoms with E-state index in [-0.39, 0.29) is 23.6 Å². The number of fused-ring (bicyclic) bond motifs is 1. The number of carbonyl (C=O) groups is 1. The molecule has 0 radical (unpaired) electrons. The highest BCUT2D eigenvalue weighted by Gasteiger charge is 2.35. The van der Waals surface area contributed by atoms with E-state index >= 15 is 0 Å². The van der Waals surface area contributed by atoms with Crippen molar-refractivity contribution in [3.8, 4) is 0 Å². The van der Waals surface area contributed by atoms with E-state index < -0.39 is 0 Å². The van der Waals surface area contributed by atoms with E-state index in [9.17, 15) is 4.79 Å². The van der Waals surface area contributed by atoms with Gasteiger partial charge in [-0.1, -0.05) is 85.1 Å². The zero-order valence-electron chi connectivity index (χ0n) is 25.3. The van der Waals surface area contributed by atoms with E-state index in [0.717, 1.165) is 37.2 Å². The molecule has 5 aromatic rings. The first kappa shape index (κ1) is 28.9. The van der Waals surface area contributed by atoms with Gasteiger partial charge in [-0.15, -0.1) is 5.10 Å². The van der Waals surface area contributed by atoms with Crippen LogP contribution in [0.4, 0.5) is 4.79 Å². The fourth-order valence-electron chi connectivity index (χ4n) is 6.83. The number of piperazine rings is 1. The first-order valence-electron chi connectivity index (χ1n) is 15.9. The molecule has 1 aliphatic carbocycles. The topological polar surface area (TPSA) is 137 Å². The molecule has 2 amide bonds. The number of urea groups is 1. The number of aromatic amines is 1. The molecule has 232 valence electrons. The van der Waals surface area contributed by atoms with Gasteiger partial charge in [0.2, 0.25) is 0 Å². The summed E-state index contributed by atoms with van der Waals surface area (Å²) in [7, 11) is 0. The zero-order chi connectivity index (χ0) is 30.6. The molecule has 2 atom stereocenters. The van der Waals surface area contributed by atoms with Crippen molar-refractivity contribution in [1.82, 2.24) is 49.6 Å². The predicted molar refractivity (Wildman–Crippen MR) is 169 cm³/mol. The van der Waals surface area contributed by atoms with E-state index in [4.69, 9.17) is 10.6 Å². The van der Waals surface area contributed by atoms with Gasteiger partial charge in [-0.3, -0.25) is 10.3 Å². The molecule has 4 heterocycles. The Morgan fingerprint density at radius 3 is 2.31 bits per heavy atom. The molecule has 0 spiro atoms. The number of carbonyl (C=O) groups excluding carboxylic acids is 1. The van der Waals surface area contributed by atoms with E-state index in [1.54, 1.807) is 12.7 Å². The second-order valence-corrected chi connectivity index (χ2v) is 12.0. The maximum Gasteiger partial charge on any atom is 0.317 e. The molecule has 2 aromatic carbocycles. The van der Waals surface area contributed by atoms with Crippen LogP contribution in [-0.4, -0.2) is 82.6 Å². The third-order valence-corrected chi connectivity index (χ3v) is 9.14. The first-order valence-corrected chi connectivity index (χ1v) is 15.9. The molecule has 12 heteroatoms. The van der Waals surface area contributed by atoms with Crippen LogP contribution in [0.15, 0.2) is 79.5 Å². The predicted octanol–water partition coefficient (Wildman–Crippen LogP) is 3.87. The molecule has 1 saturated heterocycles. The quantitative estimate of drug-likeness (QED) is 0.246. The fraction of sp³-hybridized carbons (Fsp3) is 0.394. The molecule has 0 unspecified atom stereocenters. The van der Waals surface area contributed by atoms with Crippen molar-refractivity contribution >= 4 is 17.2 Å². The molecule has 2 aliphatic rings. The van der Waals surface area contributed by atoms with Gasteiger partial charge < -0.3 is 19.8 Å². The van der Waals surface area contributed by atoms with Crippen molar-refractivity contribution in [3.05, 3.63) is 102 Å². The number of nitrogens with one attached hydrogen (secondary N) is 3. The number of hydrogen-bond donors (Lipinski definition) is 3. The summed E-state index contributed by atoms with van der Waals surface area (Å²) >= 11 is 0. The Balaban J connectivity index is 1.17. The van der Waals surface area contributed by atoms with E-state index in [0.29, 0.717) is 36.8 Å². The van der Waals surface area contributed by atoms with Crippen LogP contribution in [0.2, 0.25) is 0 Å². The third kappa shape index (κ3) is 6.23. The molecule has 1 saturated carbocycles. The number of H-pyrrole nitrogens is 1. The lowest BCUT2D eigenvalue weighted by atomic mass is 9.91. The number of amides is 2. The molecular formula is C33H39N11O. The Hall–Kier alpha value is -4.84. The Labute approximate surface area is 261 Å². The highest BCUT2D eigenvalue weighted by atomic mass is 16.2. The van der Waals surface area contributed by atoms with Gasteiger partial charge in [0.25, 0.3) is 0 Å². The largest absolute Gasteiger partial charge is 0.340 e. The summed E-state index contributed by atoms with van der Waals surface area (Å²) in [5.41, 5.74) is 4.47. The average Bonchev–Trinajstić information content (AvgIpc) is 3.77. The number of aromatic nitrogens is 7. The molecular weight excluding hydrogens is 566 g/mol. The Morgan fingerprint density at radius 2 is 1.60 bits per heavy atom. The van der Waals surface area contributed by atoms with Crippen molar-refractivity contribution in [1.29, 1.82) is 5.41 Å². The Bertz CT molecular complexity index is 1770. The number of imidazole rings is 1. The second kappa shape index (κ2) is 13.0. The lowest BCUT2D eigenvalue weighted by Crippen LogP contribution is -2.55. The van der Waals surface area contributed by atoms with Crippen LogP contribution in [0.25, 0.3) is 11.2 Å². The van der Waals surface area contributed by atoms with E-state index in [1.807, 2.05) is 32.5 Å². The molecule has 1 aliphatic heterocycles. The smallest absolute Gasteiger partial charge is 0.317 e. The normalized spacial score (nSPS) is 17.7. The number of rotatable bonds is 8. The molecule has 3 N–H and O–H groups in total. The molecule has 3 aromatic heterocycles. The van der Waals surface area contributed by atoms with Gasteiger partial charge in [-0.2, -0.15) is 0 Å². The van der Waals surface area contributed by atoms with Crippen LogP contribution < -0.4 is 10.8 Å². The maximum absolute atomic E-state index is 13.2. The van der Waals surface area contributed by atoms with Crippen LogP contribution in [-0.2, 0) is 6.54 Å². The summed E-state index contributed by atoms with van der Waals surface area (Å²) in [6.07, 6.45) is 11.0. The van der Waals surface area contributed by atoms with Crippen LogP contribution in [0.3, 0.4) is 0 Å². The van der Waals surface area contributed by atoms with Crippen molar-refractivity contribution < 1.29 is 4.79 Å². The summed E-state index contributed by atoms with van der Waals surface area (Å²) in [6.45, 7) is 3.25. The maximum atomic E-state index is 13.2. The summed E-state index contributed by atoms with van der Waals surface area (Å²) < 4.78 is 3.85. The minimum Gasteiger partial charge on any atom is -0.340 e. The van der Waals surface area contributed by atoms with Gasteiger partial charge >= 0.3 is 6.03 Å². The Kier molecular flexibility index (Phi) is 8.37. The minimum atomic E-state index is -0.165. The highest BCUT2D eigenvalue weighted by Crippen LogP contribution is 2.37. The van der Waals surface area contributed by atoms with Crippen LogP contribution in [0.1, 0.15) is 61.0 Å². The third-order valence-electron chi connectivity index (χ3n) is 9.14.